The first kappa shape index (κ1) is 14.7. The summed E-state index contributed by atoms with van der Waals surface area (Å²) >= 11 is 0. The van der Waals surface area contributed by atoms with E-state index in [1.807, 2.05) is 6.07 Å². The molecule has 0 aromatic heterocycles. The maximum Gasteiger partial charge on any atom is 0.227 e. The zero-order valence-electron chi connectivity index (χ0n) is 12.5. The number of nitrogens with one attached hydrogen (secondary N) is 2. The van der Waals surface area contributed by atoms with Crippen molar-refractivity contribution in [1.29, 1.82) is 0 Å². The van der Waals surface area contributed by atoms with Crippen LogP contribution in [0, 0.1) is 5.82 Å². The van der Waals surface area contributed by atoms with Crippen LogP contribution in [0.25, 0.3) is 0 Å². The maximum absolute atomic E-state index is 13.2. The van der Waals surface area contributed by atoms with Gasteiger partial charge in [0.2, 0.25) is 5.91 Å². The molecular formula is C18H19FN2O. The predicted molar refractivity (Wildman–Crippen MR) is 83.6 cm³/mol. The molecule has 114 valence electrons. The van der Waals surface area contributed by atoms with Crippen molar-refractivity contribution < 1.29 is 9.18 Å². The summed E-state index contributed by atoms with van der Waals surface area (Å²) in [6.07, 6.45) is 0. The highest BCUT2D eigenvalue weighted by molar-refractivity contribution is 5.83. The van der Waals surface area contributed by atoms with E-state index in [0.717, 1.165) is 18.7 Å². The lowest BCUT2D eigenvalue weighted by Gasteiger charge is -2.13. The molecule has 1 aliphatic heterocycles. The van der Waals surface area contributed by atoms with Gasteiger partial charge in [0, 0.05) is 19.6 Å². The van der Waals surface area contributed by atoms with E-state index in [2.05, 4.69) is 22.8 Å². The van der Waals surface area contributed by atoms with E-state index in [4.69, 9.17) is 0 Å². The number of benzene rings is 2. The van der Waals surface area contributed by atoms with Crippen molar-refractivity contribution in [3.8, 4) is 0 Å². The topological polar surface area (TPSA) is 41.1 Å². The highest BCUT2D eigenvalue weighted by Crippen LogP contribution is 2.18. The van der Waals surface area contributed by atoms with E-state index in [1.165, 1.54) is 23.3 Å². The SMILES string of the molecule is CC(C(=O)NCc1ccc2c(c1)CNC2)c1cccc(F)c1. The van der Waals surface area contributed by atoms with Gasteiger partial charge in [0.25, 0.3) is 0 Å². The molecule has 3 nitrogen and oxygen atoms in total. The second-order valence-corrected chi connectivity index (χ2v) is 5.70. The summed E-state index contributed by atoms with van der Waals surface area (Å²) < 4.78 is 13.2. The zero-order valence-corrected chi connectivity index (χ0v) is 12.5. The van der Waals surface area contributed by atoms with Crippen LogP contribution >= 0.6 is 0 Å². The fraction of sp³-hybridized carbons (Fsp3) is 0.278. The van der Waals surface area contributed by atoms with Crippen LogP contribution in [0.3, 0.4) is 0 Å². The molecule has 0 aliphatic carbocycles. The first-order valence-electron chi connectivity index (χ1n) is 7.48. The summed E-state index contributed by atoms with van der Waals surface area (Å²) in [7, 11) is 0. The maximum atomic E-state index is 13.2. The molecule has 0 bridgehead atoms. The van der Waals surface area contributed by atoms with E-state index in [9.17, 15) is 9.18 Å². The number of fused-ring (bicyclic) bond motifs is 1. The molecule has 1 amide bonds. The quantitative estimate of drug-likeness (QED) is 0.911. The Labute approximate surface area is 129 Å². The van der Waals surface area contributed by atoms with E-state index < -0.39 is 0 Å². The van der Waals surface area contributed by atoms with Crippen molar-refractivity contribution in [2.45, 2.75) is 32.5 Å². The normalized spacial score (nSPS) is 14.5. The van der Waals surface area contributed by atoms with Gasteiger partial charge >= 0.3 is 0 Å². The van der Waals surface area contributed by atoms with Crippen molar-refractivity contribution >= 4 is 5.91 Å². The number of amides is 1. The molecule has 1 unspecified atom stereocenters. The molecule has 4 heteroatoms. The zero-order chi connectivity index (χ0) is 15.5. The van der Waals surface area contributed by atoms with E-state index in [1.54, 1.807) is 19.1 Å². The van der Waals surface area contributed by atoms with E-state index in [-0.39, 0.29) is 17.6 Å². The first-order valence-corrected chi connectivity index (χ1v) is 7.48. The molecule has 1 heterocycles. The van der Waals surface area contributed by atoms with Crippen molar-refractivity contribution in [3.05, 3.63) is 70.5 Å². The Morgan fingerprint density at radius 2 is 2.05 bits per heavy atom. The Hall–Kier alpha value is -2.20. The number of hydrogen-bond acceptors (Lipinski definition) is 2. The van der Waals surface area contributed by atoms with Gasteiger partial charge in [-0.05, 0) is 41.3 Å². The summed E-state index contributed by atoms with van der Waals surface area (Å²) in [5.41, 5.74) is 4.39. The summed E-state index contributed by atoms with van der Waals surface area (Å²) in [5, 5.41) is 6.23. The highest BCUT2D eigenvalue weighted by atomic mass is 19.1. The monoisotopic (exact) mass is 298 g/mol. The number of carbonyl (C=O) groups is 1. The smallest absolute Gasteiger partial charge is 0.227 e. The average Bonchev–Trinajstić information content (AvgIpc) is 2.99. The van der Waals surface area contributed by atoms with Crippen LogP contribution in [0.15, 0.2) is 42.5 Å². The average molecular weight is 298 g/mol. The van der Waals surface area contributed by atoms with Gasteiger partial charge in [0.15, 0.2) is 0 Å². The lowest BCUT2D eigenvalue weighted by Crippen LogP contribution is -2.27. The minimum atomic E-state index is -0.369. The molecule has 1 aliphatic rings. The molecule has 0 radical (unpaired) electrons. The summed E-state index contributed by atoms with van der Waals surface area (Å²) in [5.74, 6) is -0.778. The second-order valence-electron chi connectivity index (χ2n) is 5.70. The van der Waals surface area contributed by atoms with Gasteiger partial charge < -0.3 is 10.6 Å². The first-order chi connectivity index (χ1) is 10.6. The molecule has 2 aromatic carbocycles. The minimum Gasteiger partial charge on any atom is -0.352 e. The molecule has 0 saturated carbocycles. The van der Waals surface area contributed by atoms with Crippen LogP contribution in [-0.4, -0.2) is 5.91 Å². The number of halogens is 1. The molecule has 22 heavy (non-hydrogen) atoms. The second kappa shape index (κ2) is 6.28. The van der Waals surface area contributed by atoms with Gasteiger partial charge in [0.1, 0.15) is 5.82 Å². The third-order valence-electron chi connectivity index (χ3n) is 4.11. The third-order valence-corrected chi connectivity index (χ3v) is 4.11. The molecular weight excluding hydrogens is 279 g/mol. The Morgan fingerprint density at radius 1 is 1.23 bits per heavy atom. The van der Waals surface area contributed by atoms with Crippen LogP contribution in [0.1, 0.15) is 35.1 Å². The fourth-order valence-electron chi connectivity index (χ4n) is 2.73. The summed E-state index contributed by atoms with van der Waals surface area (Å²) in [6.45, 7) is 4.08. The number of carbonyl (C=O) groups excluding carboxylic acids is 1. The van der Waals surface area contributed by atoms with Crippen molar-refractivity contribution in [3.63, 3.8) is 0 Å². The van der Waals surface area contributed by atoms with Crippen LogP contribution in [0.4, 0.5) is 4.39 Å². The van der Waals surface area contributed by atoms with Gasteiger partial charge in [-0.1, -0.05) is 30.3 Å². The lowest BCUT2D eigenvalue weighted by atomic mass is 10.00. The van der Waals surface area contributed by atoms with Crippen LogP contribution in [-0.2, 0) is 24.4 Å². The highest BCUT2D eigenvalue weighted by Gasteiger charge is 2.16. The number of hydrogen-bond donors (Lipinski definition) is 2. The molecule has 0 fully saturated rings. The van der Waals surface area contributed by atoms with Gasteiger partial charge in [-0.2, -0.15) is 0 Å². The van der Waals surface area contributed by atoms with Crippen molar-refractivity contribution in [2.24, 2.45) is 0 Å². The number of rotatable bonds is 4. The Bertz CT molecular complexity index is 699. The van der Waals surface area contributed by atoms with Gasteiger partial charge in [0.05, 0.1) is 5.92 Å². The van der Waals surface area contributed by atoms with Crippen LogP contribution in [0.5, 0.6) is 0 Å². The third kappa shape index (κ3) is 3.17. The predicted octanol–water partition coefficient (Wildman–Crippen LogP) is 2.85. The van der Waals surface area contributed by atoms with Crippen LogP contribution in [0.2, 0.25) is 0 Å². The summed E-state index contributed by atoms with van der Waals surface area (Å²) in [4.78, 5) is 12.2. The van der Waals surface area contributed by atoms with Crippen molar-refractivity contribution in [1.82, 2.24) is 10.6 Å². The molecule has 0 saturated heterocycles. The molecule has 1 atom stereocenters. The Morgan fingerprint density at radius 3 is 2.86 bits per heavy atom. The Kier molecular flexibility index (Phi) is 4.20. The fourth-order valence-corrected chi connectivity index (χ4v) is 2.73. The largest absolute Gasteiger partial charge is 0.352 e. The van der Waals surface area contributed by atoms with E-state index >= 15 is 0 Å². The molecule has 2 aromatic rings. The molecule has 2 N–H and O–H groups in total. The molecule has 0 spiro atoms. The van der Waals surface area contributed by atoms with Gasteiger partial charge in [-0.3, -0.25) is 4.79 Å². The summed E-state index contributed by atoms with van der Waals surface area (Å²) in [6, 6.07) is 12.5. The standard InChI is InChI=1S/C18H19FN2O/c1-12(14-3-2-4-17(19)8-14)18(22)21-9-13-5-6-15-10-20-11-16(15)7-13/h2-8,12,20H,9-11H2,1H3,(H,21,22). The van der Waals surface area contributed by atoms with Gasteiger partial charge in [-0.15, -0.1) is 0 Å². The van der Waals surface area contributed by atoms with E-state index in [0.29, 0.717) is 12.1 Å². The minimum absolute atomic E-state index is 0.0933. The Balaban J connectivity index is 1.62. The lowest BCUT2D eigenvalue weighted by molar-refractivity contribution is -0.122. The van der Waals surface area contributed by atoms with Gasteiger partial charge in [-0.25, -0.2) is 4.39 Å². The van der Waals surface area contributed by atoms with Crippen molar-refractivity contribution in [2.75, 3.05) is 0 Å². The van der Waals surface area contributed by atoms with Crippen LogP contribution < -0.4 is 10.6 Å². The molecule has 3 rings (SSSR count).